The highest BCUT2D eigenvalue weighted by Crippen LogP contribution is 2.17. The molecule has 0 heterocycles. The zero-order valence-corrected chi connectivity index (χ0v) is 11.6. The third kappa shape index (κ3) is 4.89. The lowest BCUT2D eigenvalue weighted by Gasteiger charge is -2.17. The lowest BCUT2D eigenvalue weighted by Crippen LogP contribution is -2.44. The van der Waals surface area contributed by atoms with Crippen LogP contribution in [0.1, 0.15) is 5.56 Å². The van der Waals surface area contributed by atoms with E-state index in [2.05, 4.69) is 10.1 Å². The van der Waals surface area contributed by atoms with E-state index < -0.39 is 12.0 Å². The Balaban J connectivity index is 2.78. The highest BCUT2D eigenvalue weighted by molar-refractivity contribution is 6.31. The van der Waals surface area contributed by atoms with E-state index in [0.29, 0.717) is 5.02 Å². The van der Waals surface area contributed by atoms with E-state index in [1.54, 1.807) is 18.2 Å². The van der Waals surface area contributed by atoms with Crippen LogP contribution in [0.5, 0.6) is 0 Å². The van der Waals surface area contributed by atoms with Crippen molar-refractivity contribution in [3.8, 4) is 0 Å². The zero-order valence-electron chi connectivity index (χ0n) is 10.8. The van der Waals surface area contributed by atoms with Gasteiger partial charge in [0.05, 0.1) is 7.11 Å². The minimum Gasteiger partial charge on any atom is -0.467 e. The van der Waals surface area contributed by atoms with E-state index in [9.17, 15) is 9.59 Å². The van der Waals surface area contributed by atoms with Crippen LogP contribution < -0.4 is 5.32 Å². The van der Waals surface area contributed by atoms with Gasteiger partial charge < -0.3 is 14.8 Å². The third-order valence-electron chi connectivity index (χ3n) is 2.48. The zero-order chi connectivity index (χ0) is 14.3. The van der Waals surface area contributed by atoms with Crippen LogP contribution in [0.3, 0.4) is 0 Å². The molecule has 104 valence electrons. The molecule has 1 aromatic rings. The van der Waals surface area contributed by atoms with Crippen molar-refractivity contribution in [3.05, 3.63) is 34.9 Å². The molecule has 0 bridgehead atoms. The number of ether oxygens (including phenoxy) is 2. The second-order valence-electron chi connectivity index (χ2n) is 3.87. The number of nitrogens with one attached hydrogen (secondary N) is 1. The van der Waals surface area contributed by atoms with Crippen LogP contribution in [0.15, 0.2) is 24.3 Å². The predicted molar refractivity (Wildman–Crippen MR) is 71.0 cm³/mol. The van der Waals surface area contributed by atoms with E-state index in [0.717, 1.165) is 5.56 Å². The predicted octanol–water partition coefficient (Wildman–Crippen LogP) is 1.19. The van der Waals surface area contributed by atoms with Crippen molar-refractivity contribution in [2.45, 2.75) is 12.5 Å². The number of hydrogen-bond acceptors (Lipinski definition) is 4. The van der Waals surface area contributed by atoms with Gasteiger partial charge in [0.2, 0.25) is 5.91 Å². The molecule has 6 heteroatoms. The Labute approximate surface area is 116 Å². The van der Waals surface area contributed by atoms with E-state index in [1.807, 2.05) is 6.07 Å². The van der Waals surface area contributed by atoms with Crippen LogP contribution in [-0.2, 0) is 25.5 Å². The largest absolute Gasteiger partial charge is 0.467 e. The molecule has 5 nitrogen and oxygen atoms in total. The molecule has 0 spiro atoms. The Morgan fingerprint density at radius 2 is 2.00 bits per heavy atom. The van der Waals surface area contributed by atoms with Crippen molar-refractivity contribution < 1.29 is 19.1 Å². The van der Waals surface area contributed by atoms with Crippen molar-refractivity contribution in [3.63, 3.8) is 0 Å². The van der Waals surface area contributed by atoms with Crippen molar-refractivity contribution in [1.29, 1.82) is 0 Å². The van der Waals surface area contributed by atoms with Gasteiger partial charge in [-0.05, 0) is 11.6 Å². The quantitative estimate of drug-likeness (QED) is 0.798. The third-order valence-corrected chi connectivity index (χ3v) is 2.85. The fourth-order valence-corrected chi connectivity index (χ4v) is 1.80. The van der Waals surface area contributed by atoms with Crippen LogP contribution in [0.4, 0.5) is 0 Å². The van der Waals surface area contributed by atoms with Gasteiger partial charge in [0.1, 0.15) is 12.6 Å². The van der Waals surface area contributed by atoms with Gasteiger partial charge in [-0.2, -0.15) is 0 Å². The summed E-state index contributed by atoms with van der Waals surface area (Å²) in [5.74, 6) is -0.908. The summed E-state index contributed by atoms with van der Waals surface area (Å²) >= 11 is 6.02. The van der Waals surface area contributed by atoms with Gasteiger partial charge in [-0.15, -0.1) is 0 Å². The van der Waals surface area contributed by atoms with E-state index in [1.165, 1.54) is 14.2 Å². The number of amides is 1. The molecular weight excluding hydrogens is 270 g/mol. The molecule has 0 aliphatic carbocycles. The van der Waals surface area contributed by atoms with Crippen molar-refractivity contribution in [2.24, 2.45) is 0 Å². The normalized spacial score (nSPS) is 11.7. The van der Waals surface area contributed by atoms with Gasteiger partial charge in [-0.3, -0.25) is 4.79 Å². The van der Waals surface area contributed by atoms with Crippen molar-refractivity contribution in [2.75, 3.05) is 20.8 Å². The highest BCUT2D eigenvalue weighted by atomic mass is 35.5. The number of methoxy groups -OCH3 is 2. The number of rotatable bonds is 6. The summed E-state index contributed by atoms with van der Waals surface area (Å²) in [6, 6.07) is 6.34. The van der Waals surface area contributed by atoms with E-state index in [-0.39, 0.29) is 18.9 Å². The Morgan fingerprint density at radius 3 is 2.58 bits per heavy atom. The molecule has 0 fully saturated rings. The Bertz CT molecular complexity index is 450. The van der Waals surface area contributed by atoms with Crippen LogP contribution in [0.2, 0.25) is 5.02 Å². The first kappa shape index (κ1) is 15.5. The Hall–Kier alpha value is -1.59. The van der Waals surface area contributed by atoms with E-state index >= 15 is 0 Å². The number of benzene rings is 1. The fraction of sp³-hybridized carbons (Fsp3) is 0.385. The monoisotopic (exact) mass is 285 g/mol. The van der Waals surface area contributed by atoms with Crippen LogP contribution in [-0.4, -0.2) is 38.7 Å². The first-order valence-corrected chi connectivity index (χ1v) is 6.05. The number of hydrogen-bond donors (Lipinski definition) is 1. The lowest BCUT2D eigenvalue weighted by molar-refractivity contribution is -0.145. The maximum atomic E-state index is 11.6. The minimum atomic E-state index is -0.785. The van der Waals surface area contributed by atoms with Gasteiger partial charge in [0.25, 0.3) is 0 Å². The van der Waals surface area contributed by atoms with Gasteiger partial charge in [-0.25, -0.2) is 4.79 Å². The molecule has 1 rings (SSSR count). The smallest absolute Gasteiger partial charge is 0.328 e. The Kier molecular flexibility index (Phi) is 6.32. The highest BCUT2D eigenvalue weighted by Gasteiger charge is 2.22. The maximum Gasteiger partial charge on any atom is 0.328 e. The summed E-state index contributed by atoms with van der Waals surface area (Å²) < 4.78 is 9.37. The summed E-state index contributed by atoms with van der Waals surface area (Å²) in [5, 5.41) is 3.09. The molecule has 1 N–H and O–H groups in total. The average molecular weight is 286 g/mol. The SMILES string of the molecule is COCC(=O)N[C@H](Cc1ccccc1Cl)C(=O)OC. The van der Waals surface area contributed by atoms with Gasteiger partial charge in [0, 0.05) is 18.6 Å². The van der Waals surface area contributed by atoms with Crippen LogP contribution in [0, 0.1) is 0 Å². The lowest BCUT2D eigenvalue weighted by atomic mass is 10.1. The summed E-state index contributed by atoms with van der Waals surface area (Å²) in [5.41, 5.74) is 0.761. The molecule has 1 atom stereocenters. The standard InChI is InChI=1S/C13H16ClNO4/c1-18-8-12(16)15-11(13(17)19-2)7-9-5-3-4-6-10(9)14/h3-6,11H,7-8H2,1-2H3,(H,15,16)/t11-/m1/s1. The number of carbonyl (C=O) groups excluding carboxylic acids is 2. The summed E-state index contributed by atoms with van der Waals surface area (Å²) in [6.45, 7) is -0.115. The summed E-state index contributed by atoms with van der Waals surface area (Å²) in [7, 11) is 2.67. The first-order valence-electron chi connectivity index (χ1n) is 5.68. The number of esters is 1. The second-order valence-corrected chi connectivity index (χ2v) is 4.28. The van der Waals surface area contributed by atoms with Crippen LogP contribution in [0.25, 0.3) is 0 Å². The number of carbonyl (C=O) groups is 2. The topological polar surface area (TPSA) is 64.6 Å². The molecule has 0 aromatic heterocycles. The molecule has 1 aromatic carbocycles. The molecule has 0 saturated carbocycles. The molecule has 1 amide bonds. The Morgan fingerprint density at radius 1 is 1.32 bits per heavy atom. The summed E-state index contributed by atoms with van der Waals surface area (Å²) in [6.07, 6.45) is 0.266. The molecule has 0 aliphatic heterocycles. The van der Waals surface area contributed by atoms with Crippen molar-refractivity contribution >= 4 is 23.5 Å². The molecule has 0 saturated heterocycles. The van der Waals surface area contributed by atoms with Gasteiger partial charge in [0.15, 0.2) is 0 Å². The fourth-order valence-electron chi connectivity index (χ4n) is 1.59. The molecule has 0 aliphatic rings. The van der Waals surface area contributed by atoms with Gasteiger partial charge in [-0.1, -0.05) is 29.8 Å². The van der Waals surface area contributed by atoms with E-state index in [4.69, 9.17) is 16.3 Å². The maximum absolute atomic E-state index is 11.6. The summed E-state index contributed by atoms with van der Waals surface area (Å²) in [4.78, 5) is 23.1. The second kappa shape index (κ2) is 7.76. The van der Waals surface area contributed by atoms with Crippen molar-refractivity contribution in [1.82, 2.24) is 5.32 Å². The molecule has 0 radical (unpaired) electrons. The molecule has 19 heavy (non-hydrogen) atoms. The minimum absolute atomic E-state index is 0.115. The van der Waals surface area contributed by atoms with Crippen LogP contribution >= 0.6 is 11.6 Å². The first-order chi connectivity index (χ1) is 9.08. The molecular formula is C13H16ClNO4. The van der Waals surface area contributed by atoms with Gasteiger partial charge >= 0.3 is 5.97 Å². The number of halogens is 1. The molecule has 0 unspecified atom stereocenters. The average Bonchev–Trinajstić information content (AvgIpc) is 2.39.